The molecule has 0 radical (unpaired) electrons. The fourth-order valence-electron chi connectivity index (χ4n) is 2.15. The lowest BCUT2D eigenvalue weighted by Gasteiger charge is -2.12. The molecule has 4 heteroatoms. The number of nitrogens with zero attached hydrogens (tertiary/aromatic N) is 1. The lowest BCUT2D eigenvalue weighted by Crippen LogP contribution is -2.10. The summed E-state index contributed by atoms with van der Waals surface area (Å²) >= 11 is 0. The minimum Gasteiger partial charge on any atom is -0.493 e. The maximum absolute atomic E-state index is 12.1. The molecule has 2 rings (SSSR count). The highest BCUT2D eigenvalue weighted by atomic mass is 16.5. The van der Waals surface area contributed by atoms with Crippen LogP contribution in [0.2, 0.25) is 0 Å². The van der Waals surface area contributed by atoms with Crippen LogP contribution in [-0.4, -0.2) is 26.6 Å². The first kappa shape index (κ1) is 17.6. The second-order valence-corrected chi connectivity index (χ2v) is 5.65. The van der Waals surface area contributed by atoms with Gasteiger partial charge in [-0.3, -0.25) is 4.79 Å². The lowest BCUT2D eigenvalue weighted by molar-refractivity contribution is -0.111. The standard InChI is InChI=1S/C20H24N2O2/c1-4-15-24-19-8-6-5-7-16(19)9-14-20(23)21-17-10-12-18(13-11-17)22(2)3/h5-14H,4,15H2,1-3H3,(H,21,23)/b14-9+. The molecule has 1 N–H and O–H groups in total. The summed E-state index contributed by atoms with van der Waals surface area (Å²) in [6, 6.07) is 15.4. The van der Waals surface area contributed by atoms with Crippen molar-refractivity contribution >= 4 is 23.4 Å². The van der Waals surface area contributed by atoms with Crippen molar-refractivity contribution in [3.05, 3.63) is 60.2 Å². The molecule has 0 unspecified atom stereocenters. The normalized spacial score (nSPS) is 10.6. The molecule has 0 aromatic heterocycles. The van der Waals surface area contributed by atoms with Gasteiger partial charge in [0.15, 0.2) is 0 Å². The van der Waals surface area contributed by atoms with Gasteiger partial charge in [0, 0.05) is 37.1 Å². The zero-order valence-corrected chi connectivity index (χ0v) is 14.5. The van der Waals surface area contributed by atoms with Crippen LogP contribution in [0.4, 0.5) is 11.4 Å². The minimum absolute atomic E-state index is 0.169. The predicted molar refractivity (Wildman–Crippen MR) is 101 cm³/mol. The van der Waals surface area contributed by atoms with Gasteiger partial charge in [0.05, 0.1) is 6.61 Å². The molecule has 2 aromatic carbocycles. The zero-order valence-electron chi connectivity index (χ0n) is 14.5. The Morgan fingerprint density at radius 1 is 1.12 bits per heavy atom. The molecule has 24 heavy (non-hydrogen) atoms. The first-order valence-corrected chi connectivity index (χ1v) is 8.08. The van der Waals surface area contributed by atoms with Crippen LogP contribution in [0.3, 0.4) is 0 Å². The van der Waals surface area contributed by atoms with Crippen LogP contribution < -0.4 is 15.0 Å². The zero-order chi connectivity index (χ0) is 17.4. The molecule has 0 saturated carbocycles. The van der Waals surface area contributed by atoms with E-state index in [0.29, 0.717) is 6.61 Å². The monoisotopic (exact) mass is 324 g/mol. The van der Waals surface area contributed by atoms with Gasteiger partial charge in [-0.1, -0.05) is 25.1 Å². The van der Waals surface area contributed by atoms with Crippen LogP contribution in [0.1, 0.15) is 18.9 Å². The summed E-state index contributed by atoms with van der Waals surface area (Å²) in [6.07, 6.45) is 4.24. The summed E-state index contributed by atoms with van der Waals surface area (Å²) < 4.78 is 5.68. The van der Waals surface area contributed by atoms with E-state index in [4.69, 9.17) is 4.74 Å². The van der Waals surface area contributed by atoms with Crippen molar-refractivity contribution < 1.29 is 9.53 Å². The van der Waals surface area contributed by atoms with Crippen molar-refractivity contribution in [2.45, 2.75) is 13.3 Å². The Labute approximate surface area is 143 Å². The molecule has 0 aliphatic carbocycles. The van der Waals surface area contributed by atoms with E-state index in [-0.39, 0.29) is 5.91 Å². The minimum atomic E-state index is -0.169. The second kappa shape index (κ2) is 8.77. The van der Waals surface area contributed by atoms with E-state index in [0.717, 1.165) is 29.1 Å². The third-order valence-electron chi connectivity index (χ3n) is 3.45. The molecular formula is C20H24N2O2. The number of carbonyl (C=O) groups is 1. The Bertz CT molecular complexity index is 691. The number of hydrogen-bond donors (Lipinski definition) is 1. The van der Waals surface area contributed by atoms with Crippen molar-refractivity contribution in [1.82, 2.24) is 0 Å². The number of anilines is 2. The molecule has 1 amide bonds. The Morgan fingerprint density at radius 2 is 1.83 bits per heavy atom. The average Bonchev–Trinajstić information content (AvgIpc) is 2.59. The van der Waals surface area contributed by atoms with Gasteiger partial charge in [0.1, 0.15) is 5.75 Å². The molecule has 2 aromatic rings. The smallest absolute Gasteiger partial charge is 0.248 e. The Hall–Kier alpha value is -2.75. The van der Waals surface area contributed by atoms with E-state index in [1.807, 2.05) is 67.5 Å². The molecule has 0 heterocycles. The number of benzene rings is 2. The number of amides is 1. The second-order valence-electron chi connectivity index (χ2n) is 5.65. The summed E-state index contributed by atoms with van der Waals surface area (Å²) in [7, 11) is 3.96. The highest BCUT2D eigenvalue weighted by Crippen LogP contribution is 2.20. The average molecular weight is 324 g/mol. The molecule has 126 valence electrons. The van der Waals surface area contributed by atoms with Crippen LogP contribution in [0.5, 0.6) is 5.75 Å². The van der Waals surface area contributed by atoms with E-state index in [1.165, 1.54) is 6.08 Å². The third kappa shape index (κ3) is 5.16. The molecule has 0 aliphatic heterocycles. The number of para-hydroxylation sites is 1. The van der Waals surface area contributed by atoms with E-state index in [9.17, 15) is 4.79 Å². The van der Waals surface area contributed by atoms with Crippen LogP contribution in [-0.2, 0) is 4.79 Å². The van der Waals surface area contributed by atoms with Gasteiger partial charge in [-0.2, -0.15) is 0 Å². The predicted octanol–water partition coefficient (Wildman–Crippen LogP) is 4.19. The maximum Gasteiger partial charge on any atom is 0.248 e. The van der Waals surface area contributed by atoms with Crippen molar-refractivity contribution in [2.24, 2.45) is 0 Å². The number of hydrogen-bond acceptors (Lipinski definition) is 3. The van der Waals surface area contributed by atoms with Crippen LogP contribution >= 0.6 is 0 Å². The van der Waals surface area contributed by atoms with E-state index in [1.54, 1.807) is 6.08 Å². The Balaban J connectivity index is 2.00. The molecule has 0 aliphatic rings. The Morgan fingerprint density at radius 3 is 2.50 bits per heavy atom. The topological polar surface area (TPSA) is 41.6 Å². The molecular weight excluding hydrogens is 300 g/mol. The molecule has 0 saturated heterocycles. The number of carbonyl (C=O) groups excluding carboxylic acids is 1. The summed E-state index contributed by atoms with van der Waals surface area (Å²) in [5.74, 6) is 0.622. The van der Waals surface area contributed by atoms with E-state index < -0.39 is 0 Å². The third-order valence-corrected chi connectivity index (χ3v) is 3.45. The van der Waals surface area contributed by atoms with Gasteiger partial charge in [0.2, 0.25) is 5.91 Å². The van der Waals surface area contributed by atoms with Gasteiger partial charge in [-0.05, 0) is 42.8 Å². The van der Waals surface area contributed by atoms with Gasteiger partial charge >= 0.3 is 0 Å². The summed E-state index contributed by atoms with van der Waals surface area (Å²) in [5, 5.41) is 2.86. The first-order chi connectivity index (χ1) is 11.6. The number of nitrogens with one attached hydrogen (secondary N) is 1. The van der Waals surface area contributed by atoms with Gasteiger partial charge in [-0.25, -0.2) is 0 Å². The first-order valence-electron chi connectivity index (χ1n) is 8.08. The molecule has 0 bridgehead atoms. The summed E-state index contributed by atoms with van der Waals surface area (Å²) in [4.78, 5) is 14.1. The largest absolute Gasteiger partial charge is 0.493 e. The fraction of sp³-hybridized carbons (Fsp3) is 0.250. The Kier molecular flexibility index (Phi) is 6.43. The van der Waals surface area contributed by atoms with Crippen LogP contribution in [0.25, 0.3) is 6.08 Å². The van der Waals surface area contributed by atoms with Crippen LogP contribution in [0, 0.1) is 0 Å². The quantitative estimate of drug-likeness (QED) is 0.776. The van der Waals surface area contributed by atoms with E-state index >= 15 is 0 Å². The number of ether oxygens (including phenoxy) is 1. The molecule has 0 atom stereocenters. The highest BCUT2D eigenvalue weighted by Gasteiger charge is 2.02. The van der Waals surface area contributed by atoms with Crippen molar-refractivity contribution in [2.75, 3.05) is 30.9 Å². The molecule has 4 nitrogen and oxygen atoms in total. The van der Waals surface area contributed by atoms with Crippen molar-refractivity contribution in [3.63, 3.8) is 0 Å². The molecule has 0 fully saturated rings. The van der Waals surface area contributed by atoms with Crippen LogP contribution in [0.15, 0.2) is 54.6 Å². The van der Waals surface area contributed by atoms with E-state index in [2.05, 4.69) is 12.2 Å². The molecule has 0 spiro atoms. The summed E-state index contributed by atoms with van der Waals surface area (Å²) in [6.45, 7) is 2.72. The maximum atomic E-state index is 12.1. The van der Waals surface area contributed by atoms with Crippen molar-refractivity contribution in [3.8, 4) is 5.75 Å². The highest BCUT2D eigenvalue weighted by molar-refractivity contribution is 6.02. The fourth-order valence-corrected chi connectivity index (χ4v) is 2.15. The van der Waals surface area contributed by atoms with Gasteiger partial charge in [-0.15, -0.1) is 0 Å². The van der Waals surface area contributed by atoms with Gasteiger partial charge in [0.25, 0.3) is 0 Å². The van der Waals surface area contributed by atoms with Crippen molar-refractivity contribution in [1.29, 1.82) is 0 Å². The number of rotatable bonds is 7. The van der Waals surface area contributed by atoms with Gasteiger partial charge < -0.3 is 15.0 Å². The lowest BCUT2D eigenvalue weighted by atomic mass is 10.2. The SMILES string of the molecule is CCCOc1ccccc1/C=C/C(=O)Nc1ccc(N(C)C)cc1. The summed E-state index contributed by atoms with van der Waals surface area (Å²) in [5.41, 5.74) is 2.75.